The Hall–Kier alpha value is -1.32. The molecule has 0 aromatic heterocycles. The number of hydrogen-bond acceptors (Lipinski definition) is 6. The van der Waals surface area contributed by atoms with Crippen LogP contribution in [0, 0.1) is 0 Å². The molecule has 0 unspecified atom stereocenters. The first-order valence-electron chi connectivity index (χ1n) is 5.90. The summed E-state index contributed by atoms with van der Waals surface area (Å²) in [5.74, 6) is 0.0839. The van der Waals surface area contributed by atoms with E-state index >= 15 is 0 Å². The summed E-state index contributed by atoms with van der Waals surface area (Å²) in [7, 11) is -5.41. The van der Waals surface area contributed by atoms with Crippen LogP contribution in [0.5, 0.6) is 5.75 Å². The largest absolute Gasteiger partial charge is 0.495 e. The van der Waals surface area contributed by atoms with Gasteiger partial charge in [0.2, 0.25) is 10.0 Å². The van der Waals surface area contributed by atoms with Crippen molar-refractivity contribution in [3.63, 3.8) is 0 Å². The van der Waals surface area contributed by atoms with E-state index in [9.17, 15) is 16.8 Å². The summed E-state index contributed by atoms with van der Waals surface area (Å²) in [5.41, 5.74) is 5.92. The summed E-state index contributed by atoms with van der Waals surface area (Å²) in [6, 6.07) is 4.19. The van der Waals surface area contributed by atoms with Crippen molar-refractivity contribution in [2.45, 2.75) is 4.90 Å². The molecule has 1 saturated heterocycles. The van der Waals surface area contributed by atoms with E-state index in [2.05, 4.69) is 0 Å². The third kappa shape index (κ3) is 2.89. The Morgan fingerprint density at radius 1 is 1.25 bits per heavy atom. The van der Waals surface area contributed by atoms with Crippen molar-refractivity contribution in [2.24, 2.45) is 0 Å². The fourth-order valence-electron chi connectivity index (χ4n) is 1.96. The number of ether oxygens (including phenoxy) is 1. The summed E-state index contributed by atoms with van der Waals surface area (Å²) in [5, 5.41) is 0. The molecule has 7 nitrogen and oxygen atoms in total. The third-order valence-electron chi connectivity index (χ3n) is 3.14. The van der Waals surface area contributed by atoms with Gasteiger partial charge in [-0.05, 0) is 18.2 Å². The fraction of sp³-hybridized carbons (Fsp3) is 0.455. The average molecular weight is 320 g/mol. The molecule has 0 bridgehead atoms. The smallest absolute Gasteiger partial charge is 0.243 e. The van der Waals surface area contributed by atoms with E-state index < -0.39 is 19.9 Å². The maximum atomic E-state index is 12.4. The zero-order chi connectivity index (χ0) is 15.0. The topological polar surface area (TPSA) is 107 Å². The van der Waals surface area contributed by atoms with Crippen molar-refractivity contribution >= 4 is 25.5 Å². The molecule has 2 N–H and O–H groups in total. The van der Waals surface area contributed by atoms with Crippen molar-refractivity contribution in [3.8, 4) is 5.75 Å². The highest BCUT2D eigenvalue weighted by Gasteiger charge is 2.31. The van der Waals surface area contributed by atoms with Crippen LogP contribution in [0.3, 0.4) is 0 Å². The van der Waals surface area contributed by atoms with E-state index in [1.165, 1.54) is 25.3 Å². The minimum absolute atomic E-state index is 0.0312. The maximum Gasteiger partial charge on any atom is 0.243 e. The molecule has 0 atom stereocenters. The second-order valence-corrected chi connectivity index (χ2v) is 8.70. The summed E-state index contributed by atoms with van der Waals surface area (Å²) < 4.78 is 53.6. The Labute approximate surface area is 118 Å². The van der Waals surface area contributed by atoms with Gasteiger partial charge in [0, 0.05) is 13.1 Å². The van der Waals surface area contributed by atoms with E-state index in [0.29, 0.717) is 5.75 Å². The number of nitrogens with two attached hydrogens (primary N) is 1. The molecule has 1 aliphatic rings. The predicted octanol–water partition coefficient (Wildman–Crippen LogP) is -0.303. The lowest BCUT2D eigenvalue weighted by molar-refractivity contribution is 0.416. The summed E-state index contributed by atoms with van der Waals surface area (Å²) in [4.78, 5) is 0.0371. The van der Waals surface area contributed by atoms with Gasteiger partial charge in [-0.2, -0.15) is 4.31 Å². The zero-order valence-corrected chi connectivity index (χ0v) is 12.6. The molecule has 0 radical (unpaired) electrons. The lowest BCUT2D eigenvalue weighted by Crippen LogP contribution is -2.43. The first-order chi connectivity index (χ1) is 9.26. The highest BCUT2D eigenvalue weighted by atomic mass is 32.2. The highest BCUT2D eigenvalue weighted by molar-refractivity contribution is 7.92. The highest BCUT2D eigenvalue weighted by Crippen LogP contribution is 2.26. The van der Waals surface area contributed by atoms with Crippen LogP contribution in [-0.4, -0.2) is 52.8 Å². The van der Waals surface area contributed by atoms with Crippen LogP contribution in [0.1, 0.15) is 0 Å². The Balaban J connectivity index is 2.29. The average Bonchev–Trinajstić information content (AvgIpc) is 2.38. The van der Waals surface area contributed by atoms with E-state index in [1.54, 1.807) is 0 Å². The standard InChI is InChI=1S/C11H16N2O5S2/c1-18-11-3-2-9(8-10(11)12)20(16,17)13-4-6-19(14,15)7-5-13/h2-3,8H,4-7,12H2,1H3. The molecule has 0 aliphatic carbocycles. The Morgan fingerprint density at radius 3 is 2.35 bits per heavy atom. The minimum atomic E-state index is -3.73. The van der Waals surface area contributed by atoms with Crippen molar-refractivity contribution in [3.05, 3.63) is 18.2 Å². The number of rotatable bonds is 3. The number of hydrogen-bond donors (Lipinski definition) is 1. The molecule has 9 heteroatoms. The maximum absolute atomic E-state index is 12.4. The van der Waals surface area contributed by atoms with Crippen LogP contribution in [0.25, 0.3) is 0 Å². The van der Waals surface area contributed by atoms with Crippen LogP contribution in [0.2, 0.25) is 0 Å². The lowest BCUT2D eigenvalue weighted by Gasteiger charge is -2.26. The van der Waals surface area contributed by atoms with E-state index in [-0.39, 0.29) is 35.2 Å². The van der Waals surface area contributed by atoms with Gasteiger partial charge in [0.1, 0.15) is 5.75 Å². The van der Waals surface area contributed by atoms with E-state index in [0.717, 1.165) is 4.31 Å². The summed E-state index contributed by atoms with van der Waals surface area (Å²) in [6.45, 7) is -0.0623. The number of sulfonamides is 1. The molecule has 1 aliphatic heterocycles. The van der Waals surface area contributed by atoms with Crippen molar-refractivity contribution in [1.82, 2.24) is 4.31 Å². The van der Waals surface area contributed by atoms with Crippen LogP contribution < -0.4 is 10.5 Å². The molecule has 20 heavy (non-hydrogen) atoms. The van der Waals surface area contributed by atoms with Gasteiger partial charge in [0.15, 0.2) is 9.84 Å². The third-order valence-corrected chi connectivity index (χ3v) is 6.65. The molecule has 1 fully saturated rings. The fourth-order valence-corrected chi connectivity index (χ4v) is 4.87. The normalized spacial score (nSPS) is 19.6. The van der Waals surface area contributed by atoms with E-state index in [1.807, 2.05) is 0 Å². The number of anilines is 1. The van der Waals surface area contributed by atoms with Crippen molar-refractivity contribution in [2.75, 3.05) is 37.4 Å². The van der Waals surface area contributed by atoms with Gasteiger partial charge in [0.25, 0.3) is 0 Å². The second-order valence-electron chi connectivity index (χ2n) is 4.46. The van der Waals surface area contributed by atoms with Gasteiger partial charge in [-0.25, -0.2) is 16.8 Å². The van der Waals surface area contributed by atoms with Crippen molar-refractivity contribution in [1.29, 1.82) is 0 Å². The van der Waals surface area contributed by atoms with Gasteiger partial charge in [-0.15, -0.1) is 0 Å². The number of sulfone groups is 1. The van der Waals surface area contributed by atoms with Gasteiger partial charge >= 0.3 is 0 Å². The van der Waals surface area contributed by atoms with Crippen LogP contribution >= 0.6 is 0 Å². The van der Waals surface area contributed by atoms with Gasteiger partial charge < -0.3 is 10.5 Å². The Bertz CT molecular complexity index is 698. The number of benzene rings is 1. The molecule has 0 saturated carbocycles. The van der Waals surface area contributed by atoms with Crippen LogP contribution in [0.4, 0.5) is 5.69 Å². The number of methoxy groups -OCH3 is 1. The second kappa shape index (κ2) is 5.23. The lowest BCUT2D eigenvalue weighted by atomic mass is 10.3. The minimum Gasteiger partial charge on any atom is -0.495 e. The summed E-state index contributed by atoms with van der Waals surface area (Å²) in [6.07, 6.45) is 0. The number of nitrogens with zero attached hydrogens (tertiary/aromatic N) is 1. The first-order valence-corrected chi connectivity index (χ1v) is 9.16. The van der Waals surface area contributed by atoms with Gasteiger partial charge in [0.05, 0.1) is 29.2 Å². The molecule has 1 aromatic rings. The molecule has 0 amide bonds. The zero-order valence-electron chi connectivity index (χ0n) is 10.9. The van der Waals surface area contributed by atoms with E-state index in [4.69, 9.17) is 10.5 Å². The van der Waals surface area contributed by atoms with Crippen LogP contribution in [0.15, 0.2) is 23.1 Å². The Kier molecular flexibility index (Phi) is 3.94. The quantitative estimate of drug-likeness (QED) is 0.766. The molecule has 0 spiro atoms. The molecule has 2 rings (SSSR count). The Morgan fingerprint density at radius 2 is 1.85 bits per heavy atom. The SMILES string of the molecule is COc1ccc(S(=O)(=O)N2CCS(=O)(=O)CC2)cc1N. The van der Waals surface area contributed by atoms with Crippen LogP contribution in [-0.2, 0) is 19.9 Å². The molecule has 1 heterocycles. The molecule has 112 valence electrons. The molecule has 1 aromatic carbocycles. The van der Waals surface area contributed by atoms with Gasteiger partial charge in [-0.1, -0.05) is 0 Å². The first kappa shape index (κ1) is 15.1. The predicted molar refractivity (Wildman–Crippen MR) is 74.8 cm³/mol. The number of nitrogen functional groups attached to an aromatic ring is 1. The molecular formula is C11H16N2O5S2. The summed E-state index contributed by atoms with van der Waals surface area (Å²) >= 11 is 0. The monoisotopic (exact) mass is 320 g/mol. The molecular weight excluding hydrogens is 304 g/mol. The van der Waals surface area contributed by atoms with Gasteiger partial charge in [-0.3, -0.25) is 0 Å². The van der Waals surface area contributed by atoms with Crippen molar-refractivity contribution < 1.29 is 21.6 Å².